The Labute approximate surface area is 135 Å². The fraction of sp³-hybridized carbons (Fsp3) is 0.714. The molecular weight excluding hydrogens is 194 g/mol. The van der Waals surface area contributed by atoms with Gasteiger partial charge in [-0.15, -0.1) is 0 Å². The maximum absolute atomic E-state index is 10.5. The zero-order valence-corrected chi connectivity index (χ0v) is 11.9. The third kappa shape index (κ3) is 4.47. The Hall–Kier alpha value is 1.17. The number of carboxylic acids is 2. The number of hydrogen-bond acceptors (Lipinski definition) is 2. The quantitative estimate of drug-likeness (QED) is 0.360. The van der Waals surface area contributed by atoms with Crippen molar-refractivity contribution in [3.05, 3.63) is 0 Å². The van der Waals surface area contributed by atoms with Gasteiger partial charge in [0.25, 0.3) is 0 Å². The number of carbonyl (C=O) groups is 2. The van der Waals surface area contributed by atoms with Gasteiger partial charge in [0.05, 0.1) is 0 Å². The molecule has 0 saturated heterocycles. The fourth-order valence-electron chi connectivity index (χ4n) is 0.585. The van der Waals surface area contributed by atoms with Crippen LogP contribution in [0.5, 0.6) is 0 Å². The van der Waals surface area contributed by atoms with Crippen molar-refractivity contribution in [1.82, 2.24) is 0 Å². The van der Waals surface area contributed by atoms with Crippen LogP contribution in [0.1, 0.15) is 23.6 Å². The summed E-state index contributed by atoms with van der Waals surface area (Å²) in [6.07, 6.45) is 0. The minimum absolute atomic E-state index is 0. The van der Waals surface area contributed by atoms with E-state index >= 15 is 0 Å². The minimum atomic E-state index is -1.67. The third-order valence-electron chi connectivity index (χ3n) is 2.04. The van der Waals surface area contributed by atoms with Crippen LogP contribution in [0, 0.1) is 11.3 Å². The number of hydrogen-bond donors (Lipinski definition) is 2. The molecule has 0 aromatic carbocycles. The van der Waals surface area contributed by atoms with E-state index in [0.29, 0.717) is 0 Å². The molecule has 0 amide bonds. The van der Waals surface area contributed by atoms with Gasteiger partial charge < -0.3 is 13.1 Å². The summed E-state index contributed by atoms with van der Waals surface area (Å²) in [4.78, 5) is 21.0. The second kappa shape index (κ2) is 7.46. The van der Waals surface area contributed by atoms with Gasteiger partial charge in [0.1, 0.15) is 0 Å². The zero-order valence-electron chi connectivity index (χ0n) is 10.8. The number of carboxylic acid groups (broad SMARTS) is 2. The Bertz CT molecular complexity index is 187. The van der Waals surface area contributed by atoms with Gasteiger partial charge in [-0.2, -0.15) is 0 Å². The van der Waals surface area contributed by atoms with E-state index in [9.17, 15) is 9.59 Å². The Balaban J connectivity index is -0.0000000833. The van der Waals surface area contributed by atoms with Crippen LogP contribution in [-0.4, -0.2) is 22.2 Å². The number of aliphatic carboxylic acids is 2. The Morgan fingerprint density at radius 1 is 1.23 bits per heavy atom. The molecule has 0 saturated carbocycles. The van der Waals surface area contributed by atoms with Crippen LogP contribution in [-0.2, 0) is 9.59 Å². The predicted molar refractivity (Wildman–Crippen MR) is 40.4 cm³/mol. The fourth-order valence-corrected chi connectivity index (χ4v) is 0.585. The molecule has 0 unspecified atom stereocenters. The van der Waals surface area contributed by atoms with E-state index in [1.807, 2.05) is 0 Å². The molecule has 0 aromatic rings. The zero-order chi connectivity index (χ0) is 9.23. The van der Waals surface area contributed by atoms with Gasteiger partial charge in [-0.05, 0) is 12.8 Å². The first-order valence-electron chi connectivity index (χ1n) is 3.30. The van der Waals surface area contributed by atoms with Crippen molar-refractivity contribution >= 4 is 11.9 Å². The van der Waals surface area contributed by atoms with Crippen molar-refractivity contribution in [2.45, 2.75) is 20.8 Å². The number of rotatable bonds is 3. The average molecular weight is 208 g/mol. The van der Waals surface area contributed by atoms with E-state index in [4.69, 9.17) is 10.2 Å². The normalized spacial score (nSPS) is 9.85. The molecular formula is C7H14KLiO4. The van der Waals surface area contributed by atoms with E-state index < -0.39 is 23.3 Å². The van der Waals surface area contributed by atoms with Crippen LogP contribution in [0.4, 0.5) is 0 Å². The first kappa shape index (κ1) is 19.7. The summed E-state index contributed by atoms with van der Waals surface area (Å²) in [7, 11) is 0. The molecule has 0 rings (SSSR count). The molecule has 68 valence electrons. The summed E-state index contributed by atoms with van der Waals surface area (Å²) >= 11 is 0. The summed E-state index contributed by atoms with van der Waals surface area (Å²) in [5, 5.41) is 17.2. The van der Waals surface area contributed by atoms with Crippen molar-refractivity contribution in [3.8, 4) is 0 Å². The van der Waals surface area contributed by atoms with Crippen molar-refractivity contribution in [1.29, 1.82) is 0 Å². The maximum Gasteiger partial charge on any atom is 1.00 e. The standard InChI is InChI=1S/C7H12O4.K.Li.2H/c1-4(2)7(3,5(8)9)6(10)11;;;;/h4H,1-3H3,(H,8,9)(H,10,11);;;;/q;2*+1;2*-1. The molecule has 4 nitrogen and oxygen atoms in total. The summed E-state index contributed by atoms with van der Waals surface area (Å²) in [6.45, 7) is 4.35. The van der Waals surface area contributed by atoms with Crippen LogP contribution in [0.25, 0.3) is 0 Å². The molecule has 0 aromatic heterocycles. The minimum Gasteiger partial charge on any atom is -1.00 e. The van der Waals surface area contributed by atoms with Gasteiger partial charge in [0.2, 0.25) is 0 Å². The Morgan fingerprint density at radius 3 is 1.46 bits per heavy atom. The van der Waals surface area contributed by atoms with E-state index in [1.165, 1.54) is 6.92 Å². The van der Waals surface area contributed by atoms with Crippen LogP contribution in [0.3, 0.4) is 0 Å². The maximum atomic E-state index is 10.5. The van der Waals surface area contributed by atoms with Gasteiger partial charge in [0.15, 0.2) is 5.41 Å². The van der Waals surface area contributed by atoms with Gasteiger partial charge in [-0.1, -0.05) is 13.8 Å². The Morgan fingerprint density at radius 2 is 1.46 bits per heavy atom. The first-order chi connectivity index (χ1) is 4.83. The van der Waals surface area contributed by atoms with Gasteiger partial charge >= 0.3 is 82.2 Å². The molecule has 0 heterocycles. The summed E-state index contributed by atoms with van der Waals surface area (Å²) in [5.41, 5.74) is -1.67. The summed E-state index contributed by atoms with van der Waals surface area (Å²) in [5.74, 6) is -3.00. The summed E-state index contributed by atoms with van der Waals surface area (Å²) < 4.78 is 0. The average Bonchev–Trinajstić information content (AvgIpc) is 1.84. The second-order valence-corrected chi connectivity index (χ2v) is 2.97. The van der Waals surface area contributed by atoms with E-state index in [2.05, 4.69) is 0 Å². The van der Waals surface area contributed by atoms with Crippen molar-refractivity contribution in [2.24, 2.45) is 11.3 Å². The van der Waals surface area contributed by atoms with Crippen LogP contribution in [0.15, 0.2) is 0 Å². The third-order valence-corrected chi connectivity index (χ3v) is 2.04. The van der Waals surface area contributed by atoms with Crippen LogP contribution >= 0.6 is 0 Å². The molecule has 2 N–H and O–H groups in total. The molecule has 0 spiro atoms. The van der Waals surface area contributed by atoms with Gasteiger partial charge in [-0.3, -0.25) is 9.59 Å². The van der Waals surface area contributed by atoms with E-state index in [0.717, 1.165) is 0 Å². The smallest absolute Gasteiger partial charge is 1.00 e. The van der Waals surface area contributed by atoms with Gasteiger partial charge in [0, 0.05) is 0 Å². The molecule has 0 aliphatic rings. The first-order valence-corrected chi connectivity index (χ1v) is 3.30. The monoisotopic (exact) mass is 208 g/mol. The van der Waals surface area contributed by atoms with E-state index in [-0.39, 0.29) is 73.1 Å². The molecule has 0 fully saturated rings. The topological polar surface area (TPSA) is 74.6 Å². The molecule has 0 aliphatic carbocycles. The van der Waals surface area contributed by atoms with Gasteiger partial charge in [-0.25, -0.2) is 0 Å². The second-order valence-electron chi connectivity index (χ2n) is 2.97. The van der Waals surface area contributed by atoms with Crippen LogP contribution < -0.4 is 70.2 Å². The van der Waals surface area contributed by atoms with Crippen molar-refractivity contribution in [3.63, 3.8) is 0 Å². The van der Waals surface area contributed by atoms with Crippen LogP contribution in [0.2, 0.25) is 0 Å². The Kier molecular flexibility index (Phi) is 11.3. The predicted octanol–water partition coefficient (Wildman–Crippen LogP) is -4.95. The largest absolute Gasteiger partial charge is 1.00 e. The SMILES string of the molecule is CC(C)C(C)(C(=O)O)C(=O)O.[H-].[H-].[K+].[Li+]. The molecule has 0 atom stereocenters. The summed E-state index contributed by atoms with van der Waals surface area (Å²) in [6, 6.07) is 0. The molecule has 13 heavy (non-hydrogen) atoms. The molecule has 0 aliphatic heterocycles. The molecule has 6 heteroatoms. The van der Waals surface area contributed by atoms with Crippen molar-refractivity contribution in [2.75, 3.05) is 0 Å². The van der Waals surface area contributed by atoms with Crippen molar-refractivity contribution < 1.29 is 92.9 Å². The van der Waals surface area contributed by atoms with E-state index in [1.54, 1.807) is 13.8 Å². The molecule has 0 bridgehead atoms. The molecule has 0 radical (unpaired) electrons.